The second-order valence-corrected chi connectivity index (χ2v) is 5.51. The first-order valence-electron chi connectivity index (χ1n) is 6.68. The molecule has 0 radical (unpaired) electrons. The topological polar surface area (TPSA) is 29.5 Å². The van der Waals surface area contributed by atoms with E-state index in [0.29, 0.717) is 6.42 Å². The van der Waals surface area contributed by atoms with Gasteiger partial charge in [-0.3, -0.25) is 0 Å². The zero-order valence-corrected chi connectivity index (χ0v) is 11.9. The molecule has 1 aliphatic carbocycles. The van der Waals surface area contributed by atoms with E-state index in [1.165, 1.54) is 30.4 Å². The molecule has 100 valence electrons. The van der Waals surface area contributed by atoms with Crippen LogP contribution in [-0.4, -0.2) is 18.3 Å². The minimum absolute atomic E-state index is 0.376. The van der Waals surface area contributed by atoms with Gasteiger partial charge >= 0.3 is 0 Å². The Hall–Kier alpha value is -0.730. The Bertz CT molecular complexity index is 427. The lowest BCUT2D eigenvalue weighted by Gasteiger charge is -2.17. The van der Waals surface area contributed by atoms with Gasteiger partial charge in [0.1, 0.15) is 5.75 Å². The van der Waals surface area contributed by atoms with E-state index in [-0.39, 0.29) is 6.10 Å². The SMILES string of the molecule is COc1c(CC(C)O)cc2c(c1Cl)CCCCC2. The lowest BCUT2D eigenvalue weighted by Crippen LogP contribution is -2.08. The number of fused-ring (bicyclic) bond motifs is 1. The van der Waals surface area contributed by atoms with Crippen molar-refractivity contribution < 1.29 is 9.84 Å². The predicted octanol–water partition coefficient (Wildman–Crippen LogP) is 3.54. The summed E-state index contributed by atoms with van der Waals surface area (Å²) in [6, 6.07) is 2.18. The highest BCUT2D eigenvalue weighted by Crippen LogP contribution is 2.38. The zero-order valence-electron chi connectivity index (χ0n) is 11.1. The van der Waals surface area contributed by atoms with Crippen molar-refractivity contribution in [3.05, 3.63) is 27.8 Å². The first-order chi connectivity index (χ1) is 8.63. The quantitative estimate of drug-likeness (QED) is 0.850. The van der Waals surface area contributed by atoms with Crippen LogP contribution in [0.2, 0.25) is 5.02 Å². The van der Waals surface area contributed by atoms with Crippen molar-refractivity contribution in [1.29, 1.82) is 0 Å². The number of methoxy groups -OCH3 is 1. The van der Waals surface area contributed by atoms with Gasteiger partial charge < -0.3 is 9.84 Å². The highest BCUT2D eigenvalue weighted by atomic mass is 35.5. The molecule has 2 rings (SSSR count). The number of aliphatic hydroxyl groups excluding tert-OH is 1. The fourth-order valence-corrected chi connectivity index (χ4v) is 3.17. The van der Waals surface area contributed by atoms with Crippen molar-refractivity contribution in [3.8, 4) is 5.75 Å². The Morgan fingerprint density at radius 3 is 2.72 bits per heavy atom. The molecular weight excluding hydrogens is 248 g/mol. The van der Waals surface area contributed by atoms with Crippen LogP contribution in [0.5, 0.6) is 5.75 Å². The number of hydrogen-bond acceptors (Lipinski definition) is 2. The molecule has 1 aromatic rings. The molecule has 1 aliphatic rings. The summed E-state index contributed by atoms with van der Waals surface area (Å²) in [7, 11) is 1.65. The van der Waals surface area contributed by atoms with Crippen LogP contribution in [0.25, 0.3) is 0 Å². The molecule has 0 saturated heterocycles. The van der Waals surface area contributed by atoms with E-state index < -0.39 is 0 Å². The van der Waals surface area contributed by atoms with E-state index in [1.54, 1.807) is 14.0 Å². The van der Waals surface area contributed by atoms with E-state index >= 15 is 0 Å². The van der Waals surface area contributed by atoms with Crippen LogP contribution >= 0.6 is 11.6 Å². The fourth-order valence-electron chi connectivity index (χ4n) is 2.76. The molecule has 0 heterocycles. The summed E-state index contributed by atoms with van der Waals surface area (Å²) in [5.74, 6) is 0.748. The molecule has 0 amide bonds. The molecule has 0 fully saturated rings. The van der Waals surface area contributed by atoms with Gasteiger partial charge in [0.15, 0.2) is 0 Å². The average Bonchev–Trinajstić information content (AvgIpc) is 2.54. The van der Waals surface area contributed by atoms with Crippen molar-refractivity contribution >= 4 is 11.6 Å². The maximum absolute atomic E-state index is 9.58. The Labute approximate surface area is 114 Å². The van der Waals surface area contributed by atoms with E-state index in [0.717, 1.165) is 29.2 Å². The van der Waals surface area contributed by atoms with Crippen LogP contribution in [0.3, 0.4) is 0 Å². The lowest BCUT2D eigenvalue weighted by atomic mass is 9.96. The van der Waals surface area contributed by atoms with Gasteiger partial charge in [-0.1, -0.05) is 24.1 Å². The third kappa shape index (κ3) is 2.81. The van der Waals surface area contributed by atoms with Crippen molar-refractivity contribution in [1.82, 2.24) is 0 Å². The first-order valence-corrected chi connectivity index (χ1v) is 7.06. The molecule has 0 bridgehead atoms. The first kappa shape index (κ1) is 13.7. The number of aliphatic hydroxyl groups is 1. The third-order valence-electron chi connectivity index (χ3n) is 3.58. The van der Waals surface area contributed by atoms with Gasteiger partial charge in [-0.25, -0.2) is 0 Å². The van der Waals surface area contributed by atoms with Crippen molar-refractivity contribution in [3.63, 3.8) is 0 Å². The van der Waals surface area contributed by atoms with E-state index in [4.69, 9.17) is 16.3 Å². The summed E-state index contributed by atoms with van der Waals surface area (Å²) >= 11 is 6.48. The predicted molar refractivity (Wildman–Crippen MR) is 74.6 cm³/mol. The van der Waals surface area contributed by atoms with Gasteiger partial charge in [-0.15, -0.1) is 0 Å². The number of benzene rings is 1. The van der Waals surface area contributed by atoms with Crippen LogP contribution in [0, 0.1) is 0 Å². The van der Waals surface area contributed by atoms with Gasteiger partial charge in [0.05, 0.1) is 18.2 Å². The molecular formula is C15H21ClO2. The molecule has 1 atom stereocenters. The highest BCUT2D eigenvalue weighted by Gasteiger charge is 2.19. The van der Waals surface area contributed by atoms with Crippen LogP contribution in [0.1, 0.15) is 42.9 Å². The smallest absolute Gasteiger partial charge is 0.141 e. The molecule has 0 spiro atoms. The van der Waals surface area contributed by atoms with Crippen molar-refractivity contribution in [2.75, 3.05) is 7.11 Å². The summed E-state index contributed by atoms with van der Waals surface area (Å²) in [6.45, 7) is 1.79. The third-order valence-corrected chi connectivity index (χ3v) is 3.98. The minimum Gasteiger partial charge on any atom is -0.495 e. The summed E-state index contributed by atoms with van der Waals surface area (Å²) in [5, 5.41) is 10.3. The van der Waals surface area contributed by atoms with Gasteiger partial charge in [0.25, 0.3) is 0 Å². The molecule has 2 nitrogen and oxygen atoms in total. The largest absolute Gasteiger partial charge is 0.495 e. The Morgan fingerprint density at radius 1 is 1.33 bits per heavy atom. The molecule has 0 saturated carbocycles. The number of rotatable bonds is 3. The zero-order chi connectivity index (χ0) is 13.1. The molecule has 0 aliphatic heterocycles. The number of ether oxygens (including phenoxy) is 1. The molecule has 18 heavy (non-hydrogen) atoms. The molecule has 0 aromatic heterocycles. The van der Waals surface area contributed by atoms with E-state index in [1.807, 2.05) is 0 Å². The Balaban J connectivity index is 2.47. The molecule has 3 heteroatoms. The van der Waals surface area contributed by atoms with Crippen LogP contribution in [-0.2, 0) is 19.3 Å². The van der Waals surface area contributed by atoms with Crippen LogP contribution in [0.4, 0.5) is 0 Å². The second-order valence-electron chi connectivity index (χ2n) is 5.13. The van der Waals surface area contributed by atoms with E-state index in [9.17, 15) is 5.11 Å². The van der Waals surface area contributed by atoms with Crippen LogP contribution in [0.15, 0.2) is 6.07 Å². The fraction of sp³-hybridized carbons (Fsp3) is 0.600. The number of hydrogen-bond donors (Lipinski definition) is 1. The summed E-state index contributed by atoms with van der Waals surface area (Å²) in [5.41, 5.74) is 3.62. The maximum atomic E-state index is 9.58. The average molecular weight is 269 g/mol. The monoisotopic (exact) mass is 268 g/mol. The Kier molecular flexibility index (Phi) is 4.52. The van der Waals surface area contributed by atoms with Gasteiger partial charge in [-0.05, 0) is 49.3 Å². The highest BCUT2D eigenvalue weighted by molar-refractivity contribution is 6.33. The van der Waals surface area contributed by atoms with Gasteiger partial charge in [-0.2, -0.15) is 0 Å². The van der Waals surface area contributed by atoms with Crippen molar-refractivity contribution in [2.45, 2.75) is 51.6 Å². The number of halogens is 1. The normalized spacial score (nSPS) is 16.9. The Morgan fingerprint density at radius 2 is 2.06 bits per heavy atom. The summed E-state index contributed by atoms with van der Waals surface area (Å²) in [4.78, 5) is 0. The summed E-state index contributed by atoms with van der Waals surface area (Å²) in [6.07, 6.45) is 6.04. The second kappa shape index (κ2) is 5.94. The molecule has 1 aromatic carbocycles. The molecule has 1 unspecified atom stereocenters. The van der Waals surface area contributed by atoms with Crippen LogP contribution < -0.4 is 4.74 Å². The lowest BCUT2D eigenvalue weighted by molar-refractivity contribution is 0.194. The number of aryl methyl sites for hydroxylation is 1. The van der Waals surface area contributed by atoms with Crippen molar-refractivity contribution in [2.24, 2.45) is 0 Å². The maximum Gasteiger partial charge on any atom is 0.141 e. The summed E-state index contributed by atoms with van der Waals surface area (Å²) < 4.78 is 5.44. The molecule has 1 N–H and O–H groups in total. The van der Waals surface area contributed by atoms with Gasteiger partial charge in [0, 0.05) is 6.42 Å². The minimum atomic E-state index is -0.376. The standard InChI is InChI=1S/C15H21ClO2/c1-10(17)8-12-9-11-6-4-3-5-7-13(11)14(16)15(12)18-2/h9-10,17H,3-8H2,1-2H3. The van der Waals surface area contributed by atoms with E-state index in [2.05, 4.69) is 6.07 Å². The van der Waals surface area contributed by atoms with Gasteiger partial charge in [0.2, 0.25) is 0 Å².